The Kier molecular flexibility index (Phi) is 4.93. The van der Waals surface area contributed by atoms with Gasteiger partial charge in [-0.1, -0.05) is 0 Å². The molecular formula is C15H25N5OS. The Morgan fingerprint density at radius 3 is 2.82 bits per heavy atom. The summed E-state index contributed by atoms with van der Waals surface area (Å²) in [5.41, 5.74) is 0. The Balaban J connectivity index is 1.48. The van der Waals surface area contributed by atoms with E-state index in [2.05, 4.69) is 19.2 Å². The molecule has 0 atom stereocenters. The molecule has 1 aromatic heterocycles. The van der Waals surface area contributed by atoms with Crippen LogP contribution in [0.5, 0.6) is 0 Å². The Labute approximate surface area is 136 Å². The van der Waals surface area contributed by atoms with E-state index in [0.717, 1.165) is 56.0 Å². The van der Waals surface area contributed by atoms with Crippen molar-refractivity contribution < 1.29 is 4.79 Å². The van der Waals surface area contributed by atoms with Gasteiger partial charge >= 0.3 is 0 Å². The second-order valence-corrected chi connectivity index (χ2v) is 7.19. The van der Waals surface area contributed by atoms with Crippen molar-refractivity contribution >= 4 is 22.6 Å². The van der Waals surface area contributed by atoms with E-state index in [4.69, 9.17) is 0 Å². The third-order valence-electron chi connectivity index (χ3n) is 4.39. The number of rotatable bonds is 5. The molecule has 0 radical (unpaired) electrons. The van der Waals surface area contributed by atoms with E-state index < -0.39 is 0 Å². The first-order valence-corrected chi connectivity index (χ1v) is 8.91. The highest BCUT2D eigenvalue weighted by molar-refractivity contribution is 7.09. The largest absolute Gasteiger partial charge is 0.346 e. The molecule has 1 aromatic rings. The van der Waals surface area contributed by atoms with Gasteiger partial charge < -0.3 is 9.80 Å². The smallest absolute Gasteiger partial charge is 0.236 e. The number of anilines is 1. The van der Waals surface area contributed by atoms with Crippen molar-refractivity contribution in [3.63, 3.8) is 0 Å². The van der Waals surface area contributed by atoms with Crippen LogP contribution in [0.4, 0.5) is 5.13 Å². The van der Waals surface area contributed by atoms with Crippen LogP contribution in [0.1, 0.15) is 25.1 Å². The minimum Gasteiger partial charge on any atom is -0.346 e. The highest BCUT2D eigenvalue weighted by atomic mass is 32.1. The monoisotopic (exact) mass is 323 g/mol. The van der Waals surface area contributed by atoms with Crippen molar-refractivity contribution in [1.29, 1.82) is 0 Å². The van der Waals surface area contributed by atoms with Crippen LogP contribution >= 0.6 is 11.5 Å². The number of likely N-dealkylation sites (N-methyl/N-ethyl adjacent to an activating group) is 1. The van der Waals surface area contributed by atoms with E-state index in [1.807, 2.05) is 18.9 Å². The molecule has 0 unspecified atom stereocenters. The number of nitrogens with zero attached hydrogens (tertiary/aromatic N) is 5. The summed E-state index contributed by atoms with van der Waals surface area (Å²) >= 11 is 1.47. The number of hydrogen-bond donors (Lipinski definition) is 0. The minimum atomic E-state index is 0.257. The predicted octanol–water partition coefficient (Wildman–Crippen LogP) is 1.23. The number of carbonyl (C=O) groups excluding carboxylic acids is 1. The third kappa shape index (κ3) is 4.16. The van der Waals surface area contributed by atoms with Gasteiger partial charge in [0.15, 0.2) is 0 Å². The van der Waals surface area contributed by atoms with Gasteiger partial charge in [-0.05, 0) is 32.1 Å². The molecule has 1 aliphatic heterocycles. The number of aryl methyl sites for hydroxylation is 1. The molecule has 0 N–H and O–H groups in total. The lowest BCUT2D eigenvalue weighted by Gasteiger charge is -2.24. The predicted molar refractivity (Wildman–Crippen MR) is 88.3 cm³/mol. The first-order valence-electron chi connectivity index (χ1n) is 8.13. The average Bonchev–Trinajstić information content (AvgIpc) is 3.24. The molecule has 0 bridgehead atoms. The zero-order valence-corrected chi connectivity index (χ0v) is 14.3. The number of aromatic nitrogens is 2. The Morgan fingerprint density at radius 1 is 1.32 bits per heavy atom. The summed E-state index contributed by atoms with van der Waals surface area (Å²) in [5.74, 6) is 1.86. The van der Waals surface area contributed by atoms with Crippen molar-refractivity contribution in [2.24, 2.45) is 5.92 Å². The van der Waals surface area contributed by atoms with Gasteiger partial charge in [-0.2, -0.15) is 4.37 Å². The van der Waals surface area contributed by atoms with Crippen molar-refractivity contribution in [3.8, 4) is 0 Å². The van der Waals surface area contributed by atoms with Crippen LogP contribution in [0.15, 0.2) is 0 Å². The molecule has 122 valence electrons. The number of hydrogen-bond acceptors (Lipinski definition) is 6. The fourth-order valence-corrected chi connectivity index (χ4v) is 3.56. The van der Waals surface area contributed by atoms with Gasteiger partial charge in [-0.3, -0.25) is 9.69 Å². The van der Waals surface area contributed by atoms with Crippen molar-refractivity contribution in [2.75, 3.05) is 51.2 Å². The molecule has 3 rings (SSSR count). The molecular weight excluding hydrogens is 298 g/mol. The fourth-order valence-electron chi connectivity index (χ4n) is 2.84. The molecule has 2 heterocycles. The summed E-state index contributed by atoms with van der Waals surface area (Å²) in [6, 6.07) is 0. The van der Waals surface area contributed by atoms with Crippen LogP contribution in [0.2, 0.25) is 0 Å². The molecule has 7 heteroatoms. The average molecular weight is 323 g/mol. The van der Waals surface area contributed by atoms with E-state index in [0.29, 0.717) is 6.54 Å². The van der Waals surface area contributed by atoms with Crippen LogP contribution in [0, 0.1) is 12.8 Å². The lowest BCUT2D eigenvalue weighted by Crippen LogP contribution is -2.40. The zero-order valence-electron chi connectivity index (χ0n) is 13.5. The SMILES string of the molecule is Cc1nsc(N2CCCN(CC(=O)N(C)CC3CC3)CC2)n1. The zero-order chi connectivity index (χ0) is 15.5. The highest BCUT2D eigenvalue weighted by Gasteiger charge is 2.26. The van der Waals surface area contributed by atoms with Crippen LogP contribution in [0.3, 0.4) is 0 Å². The van der Waals surface area contributed by atoms with Gasteiger partial charge in [0.05, 0.1) is 6.54 Å². The lowest BCUT2D eigenvalue weighted by molar-refractivity contribution is -0.131. The lowest BCUT2D eigenvalue weighted by atomic mass is 10.3. The maximum Gasteiger partial charge on any atom is 0.236 e. The Morgan fingerprint density at radius 2 is 2.14 bits per heavy atom. The summed E-state index contributed by atoms with van der Waals surface area (Å²) in [5, 5.41) is 1.01. The van der Waals surface area contributed by atoms with Crippen molar-refractivity contribution in [1.82, 2.24) is 19.2 Å². The maximum absolute atomic E-state index is 12.3. The van der Waals surface area contributed by atoms with Crippen LogP contribution in [0.25, 0.3) is 0 Å². The summed E-state index contributed by atoms with van der Waals surface area (Å²) < 4.78 is 4.26. The van der Waals surface area contributed by atoms with E-state index in [-0.39, 0.29) is 5.91 Å². The van der Waals surface area contributed by atoms with Gasteiger partial charge in [0.1, 0.15) is 5.82 Å². The summed E-state index contributed by atoms with van der Waals surface area (Å²) in [4.78, 5) is 23.2. The van der Waals surface area contributed by atoms with Crippen molar-refractivity contribution in [3.05, 3.63) is 5.82 Å². The first kappa shape index (κ1) is 15.7. The molecule has 1 saturated heterocycles. The standard InChI is InChI=1S/C15H25N5OS/c1-12-16-15(22-17-12)20-7-3-6-19(8-9-20)11-14(21)18(2)10-13-4-5-13/h13H,3-11H2,1-2H3. The maximum atomic E-state index is 12.3. The van der Waals surface area contributed by atoms with Crippen LogP contribution in [-0.4, -0.2) is 71.4 Å². The molecule has 0 spiro atoms. The summed E-state index contributed by atoms with van der Waals surface area (Å²) in [6.07, 6.45) is 3.65. The van der Waals surface area contributed by atoms with Gasteiger partial charge in [0.2, 0.25) is 11.0 Å². The third-order valence-corrected chi connectivity index (χ3v) is 5.26. The van der Waals surface area contributed by atoms with Crippen LogP contribution < -0.4 is 4.90 Å². The van der Waals surface area contributed by atoms with Gasteiger partial charge in [0.25, 0.3) is 0 Å². The molecule has 1 aliphatic carbocycles. The molecule has 1 saturated carbocycles. The second-order valence-electron chi connectivity index (χ2n) is 6.46. The quantitative estimate of drug-likeness (QED) is 0.816. The molecule has 0 aromatic carbocycles. The normalized spacial score (nSPS) is 20.0. The number of carbonyl (C=O) groups is 1. The molecule has 2 aliphatic rings. The van der Waals surface area contributed by atoms with Crippen LogP contribution in [-0.2, 0) is 4.79 Å². The molecule has 6 nitrogen and oxygen atoms in total. The number of amides is 1. The summed E-state index contributed by atoms with van der Waals surface area (Å²) in [6.45, 7) is 7.23. The molecule has 2 fully saturated rings. The first-order chi connectivity index (χ1) is 10.6. The molecule has 1 amide bonds. The Bertz CT molecular complexity index is 516. The topological polar surface area (TPSA) is 52.6 Å². The van der Waals surface area contributed by atoms with E-state index in [9.17, 15) is 4.79 Å². The van der Waals surface area contributed by atoms with E-state index in [1.165, 1.54) is 24.4 Å². The van der Waals surface area contributed by atoms with Gasteiger partial charge in [-0.15, -0.1) is 0 Å². The minimum absolute atomic E-state index is 0.257. The van der Waals surface area contributed by atoms with E-state index >= 15 is 0 Å². The van der Waals surface area contributed by atoms with Gasteiger partial charge in [-0.25, -0.2) is 4.98 Å². The molecule has 22 heavy (non-hydrogen) atoms. The van der Waals surface area contributed by atoms with Gasteiger partial charge in [0, 0.05) is 51.3 Å². The fraction of sp³-hybridized carbons (Fsp3) is 0.800. The van der Waals surface area contributed by atoms with E-state index in [1.54, 1.807) is 0 Å². The highest BCUT2D eigenvalue weighted by Crippen LogP contribution is 2.29. The second kappa shape index (κ2) is 6.91. The van der Waals surface area contributed by atoms with Crippen molar-refractivity contribution in [2.45, 2.75) is 26.2 Å². The Hall–Kier alpha value is -1.21. The summed E-state index contributed by atoms with van der Waals surface area (Å²) in [7, 11) is 1.94.